The fourth-order valence-corrected chi connectivity index (χ4v) is 2.12. The predicted molar refractivity (Wildman–Crippen MR) is 82.9 cm³/mol. The lowest BCUT2D eigenvalue weighted by Crippen LogP contribution is -2.16. The van der Waals surface area contributed by atoms with Gasteiger partial charge in [0.15, 0.2) is 0 Å². The highest BCUT2D eigenvalue weighted by atomic mass is 16.5. The van der Waals surface area contributed by atoms with Gasteiger partial charge in [-0.2, -0.15) is 5.10 Å². The number of aryl methyl sites for hydroxylation is 2. The van der Waals surface area contributed by atoms with Crippen molar-refractivity contribution in [3.8, 4) is 0 Å². The molecule has 0 saturated heterocycles. The molecule has 0 saturated carbocycles. The number of nitrogens with one attached hydrogen (secondary N) is 1. The van der Waals surface area contributed by atoms with Gasteiger partial charge in [0.25, 0.3) is 5.91 Å². The molecule has 116 valence electrons. The number of hydrogen-bond acceptors (Lipinski definition) is 4. The molecule has 0 aliphatic rings. The fraction of sp³-hybridized carbons (Fsp3) is 0.312. The van der Waals surface area contributed by atoms with E-state index < -0.39 is 5.97 Å². The molecule has 0 spiro atoms. The Kier molecular flexibility index (Phi) is 4.93. The van der Waals surface area contributed by atoms with E-state index in [4.69, 9.17) is 0 Å². The molecular weight excluding hydrogens is 282 g/mol. The molecule has 22 heavy (non-hydrogen) atoms. The number of carbonyl (C=O) groups is 2. The number of ether oxygens (including phenoxy) is 1. The Balaban J connectivity index is 2.10. The Morgan fingerprint density at radius 3 is 2.55 bits per heavy atom. The summed E-state index contributed by atoms with van der Waals surface area (Å²) in [6, 6.07) is 8.32. The molecule has 0 aliphatic carbocycles. The molecule has 2 aromatic rings. The van der Waals surface area contributed by atoms with Gasteiger partial charge < -0.3 is 10.1 Å². The van der Waals surface area contributed by atoms with Crippen LogP contribution in [-0.4, -0.2) is 28.8 Å². The van der Waals surface area contributed by atoms with Crippen molar-refractivity contribution in [1.82, 2.24) is 9.78 Å². The second-order valence-corrected chi connectivity index (χ2v) is 4.92. The van der Waals surface area contributed by atoms with Crippen molar-refractivity contribution < 1.29 is 14.3 Å². The first-order valence-corrected chi connectivity index (χ1v) is 7.07. The van der Waals surface area contributed by atoms with E-state index in [1.54, 1.807) is 42.1 Å². The van der Waals surface area contributed by atoms with Crippen molar-refractivity contribution in [3.63, 3.8) is 0 Å². The standard InChI is InChI=1S/C16H19N3O3/c1-4-5-13-10-14(19(2)18-13)15(20)17-12-8-6-11(7-9-12)16(21)22-3/h6-10H,4-5H2,1-3H3,(H,17,20). The zero-order chi connectivity index (χ0) is 16.1. The van der Waals surface area contributed by atoms with Crippen LogP contribution in [0.3, 0.4) is 0 Å². The summed E-state index contributed by atoms with van der Waals surface area (Å²) in [5, 5.41) is 7.09. The van der Waals surface area contributed by atoms with Crippen LogP contribution in [0.2, 0.25) is 0 Å². The van der Waals surface area contributed by atoms with Crippen LogP contribution in [0.25, 0.3) is 0 Å². The lowest BCUT2D eigenvalue weighted by Gasteiger charge is -2.06. The maximum Gasteiger partial charge on any atom is 0.337 e. The van der Waals surface area contributed by atoms with Crippen LogP contribution in [0.4, 0.5) is 5.69 Å². The lowest BCUT2D eigenvalue weighted by molar-refractivity contribution is 0.0600. The fourth-order valence-electron chi connectivity index (χ4n) is 2.12. The Hall–Kier alpha value is -2.63. The summed E-state index contributed by atoms with van der Waals surface area (Å²) in [7, 11) is 3.07. The van der Waals surface area contributed by atoms with Crippen molar-refractivity contribution in [2.75, 3.05) is 12.4 Å². The van der Waals surface area contributed by atoms with E-state index in [0.717, 1.165) is 18.5 Å². The van der Waals surface area contributed by atoms with Crippen LogP contribution in [0.1, 0.15) is 39.9 Å². The van der Waals surface area contributed by atoms with E-state index in [0.29, 0.717) is 16.9 Å². The van der Waals surface area contributed by atoms with Gasteiger partial charge in [0.05, 0.1) is 18.4 Å². The molecule has 2 rings (SSSR count). The normalized spacial score (nSPS) is 10.3. The summed E-state index contributed by atoms with van der Waals surface area (Å²) < 4.78 is 6.20. The maximum atomic E-state index is 12.3. The van der Waals surface area contributed by atoms with Crippen LogP contribution in [0.5, 0.6) is 0 Å². The molecule has 0 unspecified atom stereocenters. The number of anilines is 1. The minimum Gasteiger partial charge on any atom is -0.465 e. The van der Waals surface area contributed by atoms with E-state index in [-0.39, 0.29) is 5.91 Å². The van der Waals surface area contributed by atoms with Crippen LogP contribution >= 0.6 is 0 Å². The first-order chi connectivity index (χ1) is 10.5. The highest BCUT2D eigenvalue weighted by Gasteiger charge is 2.13. The minimum atomic E-state index is -0.409. The van der Waals surface area contributed by atoms with Gasteiger partial charge in [-0.15, -0.1) is 0 Å². The Bertz CT molecular complexity index is 674. The topological polar surface area (TPSA) is 73.2 Å². The highest BCUT2D eigenvalue weighted by Crippen LogP contribution is 2.13. The molecule has 0 atom stereocenters. The molecule has 1 aromatic carbocycles. The molecular formula is C16H19N3O3. The van der Waals surface area contributed by atoms with Gasteiger partial charge in [-0.1, -0.05) is 13.3 Å². The largest absolute Gasteiger partial charge is 0.465 e. The number of aromatic nitrogens is 2. The number of carbonyl (C=O) groups excluding carboxylic acids is 2. The molecule has 0 aliphatic heterocycles. The number of rotatable bonds is 5. The van der Waals surface area contributed by atoms with Crippen LogP contribution in [0, 0.1) is 0 Å². The van der Waals surface area contributed by atoms with Gasteiger partial charge in [-0.05, 0) is 36.8 Å². The summed E-state index contributed by atoms with van der Waals surface area (Å²) in [4.78, 5) is 23.6. The lowest BCUT2D eigenvalue weighted by atomic mass is 10.2. The molecule has 0 fully saturated rings. The van der Waals surface area contributed by atoms with Gasteiger partial charge in [-0.25, -0.2) is 4.79 Å². The number of esters is 1. The van der Waals surface area contributed by atoms with E-state index in [2.05, 4.69) is 22.1 Å². The smallest absolute Gasteiger partial charge is 0.337 e. The average Bonchev–Trinajstić information content (AvgIpc) is 2.88. The maximum absolute atomic E-state index is 12.3. The molecule has 6 heteroatoms. The number of hydrogen-bond donors (Lipinski definition) is 1. The molecule has 1 heterocycles. The van der Waals surface area contributed by atoms with Crippen LogP contribution in [0.15, 0.2) is 30.3 Å². The summed E-state index contributed by atoms with van der Waals surface area (Å²) >= 11 is 0. The van der Waals surface area contributed by atoms with Gasteiger partial charge in [-0.3, -0.25) is 9.48 Å². The van der Waals surface area contributed by atoms with E-state index in [9.17, 15) is 9.59 Å². The zero-order valence-electron chi connectivity index (χ0n) is 12.9. The third-order valence-corrected chi connectivity index (χ3v) is 3.23. The van der Waals surface area contributed by atoms with E-state index >= 15 is 0 Å². The minimum absolute atomic E-state index is 0.233. The highest BCUT2D eigenvalue weighted by molar-refractivity contribution is 6.03. The first-order valence-electron chi connectivity index (χ1n) is 7.07. The Morgan fingerprint density at radius 2 is 1.95 bits per heavy atom. The molecule has 1 amide bonds. The quantitative estimate of drug-likeness (QED) is 0.861. The Morgan fingerprint density at radius 1 is 1.27 bits per heavy atom. The molecule has 1 N–H and O–H groups in total. The van der Waals surface area contributed by atoms with Gasteiger partial charge >= 0.3 is 5.97 Å². The summed E-state index contributed by atoms with van der Waals surface area (Å²) in [6.45, 7) is 2.07. The second kappa shape index (κ2) is 6.89. The number of amides is 1. The number of benzene rings is 1. The van der Waals surface area contributed by atoms with E-state index in [1.807, 2.05) is 0 Å². The molecule has 6 nitrogen and oxygen atoms in total. The first kappa shape index (κ1) is 15.8. The van der Waals surface area contributed by atoms with Gasteiger partial charge in [0.2, 0.25) is 0 Å². The van der Waals surface area contributed by atoms with Crippen molar-refractivity contribution in [1.29, 1.82) is 0 Å². The third-order valence-electron chi connectivity index (χ3n) is 3.23. The van der Waals surface area contributed by atoms with Crippen molar-refractivity contribution in [2.45, 2.75) is 19.8 Å². The Labute approximate surface area is 129 Å². The zero-order valence-corrected chi connectivity index (χ0v) is 12.9. The average molecular weight is 301 g/mol. The van der Waals surface area contributed by atoms with Crippen LogP contribution < -0.4 is 5.32 Å². The van der Waals surface area contributed by atoms with Gasteiger partial charge in [0, 0.05) is 12.7 Å². The van der Waals surface area contributed by atoms with Crippen molar-refractivity contribution >= 4 is 17.6 Å². The summed E-state index contributed by atoms with van der Waals surface area (Å²) in [6.07, 6.45) is 1.82. The van der Waals surface area contributed by atoms with E-state index in [1.165, 1.54) is 7.11 Å². The van der Waals surface area contributed by atoms with Crippen molar-refractivity contribution in [3.05, 3.63) is 47.3 Å². The van der Waals surface area contributed by atoms with Gasteiger partial charge in [0.1, 0.15) is 5.69 Å². The van der Waals surface area contributed by atoms with Crippen LogP contribution in [-0.2, 0) is 18.2 Å². The molecule has 0 radical (unpaired) electrons. The molecule has 1 aromatic heterocycles. The monoisotopic (exact) mass is 301 g/mol. The molecule has 0 bridgehead atoms. The third kappa shape index (κ3) is 3.52. The second-order valence-electron chi connectivity index (χ2n) is 4.92. The SMILES string of the molecule is CCCc1cc(C(=O)Nc2ccc(C(=O)OC)cc2)n(C)n1. The van der Waals surface area contributed by atoms with Crippen molar-refractivity contribution in [2.24, 2.45) is 7.05 Å². The summed E-state index contributed by atoms with van der Waals surface area (Å²) in [5.41, 5.74) is 2.44. The summed E-state index contributed by atoms with van der Waals surface area (Å²) in [5.74, 6) is -0.642. The number of methoxy groups -OCH3 is 1. The number of nitrogens with zero attached hydrogens (tertiary/aromatic N) is 2. The predicted octanol–water partition coefficient (Wildman–Crippen LogP) is 2.41.